The Kier molecular flexibility index (Phi) is 6.71. The van der Waals surface area contributed by atoms with Gasteiger partial charge in [0.25, 0.3) is 10.0 Å². The van der Waals surface area contributed by atoms with Gasteiger partial charge in [-0.1, -0.05) is 61.4 Å². The summed E-state index contributed by atoms with van der Waals surface area (Å²) < 4.78 is 58.8. The molecule has 1 aliphatic carbocycles. The molecule has 1 N–H and O–H groups in total. The molecule has 10 nitrogen and oxygen atoms in total. The molecule has 2 aromatic carbocycles. The molecule has 0 saturated heterocycles. The number of nitrogens with one attached hydrogen (secondary N) is 1. The lowest BCUT2D eigenvalue weighted by atomic mass is 9.93. The smallest absolute Gasteiger partial charge is 0.269 e. The van der Waals surface area contributed by atoms with Crippen molar-refractivity contribution in [2.45, 2.75) is 55.7 Å². The lowest BCUT2D eigenvalue weighted by molar-refractivity contribution is 0.449. The van der Waals surface area contributed by atoms with Crippen molar-refractivity contribution in [3.63, 3.8) is 0 Å². The summed E-state index contributed by atoms with van der Waals surface area (Å²) in [5.41, 5.74) is 3.07. The minimum Gasteiger partial charge on any atom is -0.274 e. The molecule has 1 fully saturated rings. The summed E-state index contributed by atoms with van der Waals surface area (Å²) in [4.78, 5) is 4.60. The molecule has 40 heavy (non-hydrogen) atoms. The summed E-state index contributed by atoms with van der Waals surface area (Å²) in [6, 6.07) is 17.3. The molecule has 0 spiro atoms. The molecule has 1 aliphatic rings. The van der Waals surface area contributed by atoms with Crippen LogP contribution in [0, 0.1) is 12.8 Å². The number of fused-ring (bicyclic) bond motifs is 3. The molecule has 0 aliphatic heterocycles. The summed E-state index contributed by atoms with van der Waals surface area (Å²) in [6.07, 6.45) is 5.12. The maximum absolute atomic E-state index is 13.5. The predicted octanol–water partition coefficient (Wildman–Crippen LogP) is 4.02. The zero-order chi connectivity index (χ0) is 28.1. The van der Waals surface area contributed by atoms with E-state index in [1.165, 1.54) is 16.4 Å². The summed E-state index contributed by atoms with van der Waals surface area (Å²) in [5.74, 6) is 0.726. The van der Waals surface area contributed by atoms with Crippen LogP contribution in [0.3, 0.4) is 0 Å². The van der Waals surface area contributed by atoms with Crippen molar-refractivity contribution in [3.05, 3.63) is 90.0 Å². The zero-order valence-corrected chi connectivity index (χ0v) is 23.8. The average molecular weight is 579 g/mol. The molecule has 6 rings (SSSR count). The van der Waals surface area contributed by atoms with E-state index >= 15 is 0 Å². The highest BCUT2D eigenvalue weighted by Gasteiger charge is 2.39. The summed E-state index contributed by atoms with van der Waals surface area (Å²) in [6.45, 7) is 3.99. The van der Waals surface area contributed by atoms with Crippen LogP contribution in [0.25, 0.3) is 16.8 Å². The lowest BCUT2D eigenvalue weighted by Crippen LogP contribution is -2.34. The molecule has 0 radical (unpaired) electrons. The maximum Gasteiger partial charge on any atom is 0.269 e. The fraction of sp³-hybridized carbons (Fsp3) is 0.321. The van der Waals surface area contributed by atoms with E-state index in [4.69, 9.17) is 0 Å². The Labute approximate surface area is 233 Å². The van der Waals surface area contributed by atoms with Gasteiger partial charge in [-0.2, -0.15) is 0 Å². The molecule has 3 heterocycles. The molecule has 5 aromatic rings. The first-order valence-electron chi connectivity index (χ1n) is 13.2. The van der Waals surface area contributed by atoms with Crippen LogP contribution >= 0.6 is 0 Å². The molecular weight excluding hydrogens is 548 g/mol. The van der Waals surface area contributed by atoms with Gasteiger partial charge in [-0.15, -0.1) is 10.2 Å². The van der Waals surface area contributed by atoms with Gasteiger partial charge in [0.2, 0.25) is 10.0 Å². The van der Waals surface area contributed by atoms with E-state index in [2.05, 4.69) is 26.8 Å². The third-order valence-electron chi connectivity index (χ3n) is 7.74. The summed E-state index contributed by atoms with van der Waals surface area (Å²) in [5, 5.41) is 8.83. The minimum atomic E-state index is -3.87. The normalized spacial score (nSPS) is 20.0. The van der Waals surface area contributed by atoms with Crippen LogP contribution in [0.5, 0.6) is 0 Å². The lowest BCUT2D eigenvalue weighted by Gasteiger charge is -2.16. The van der Waals surface area contributed by atoms with Gasteiger partial charge in [0.05, 0.1) is 22.4 Å². The monoisotopic (exact) mass is 578 g/mol. The summed E-state index contributed by atoms with van der Waals surface area (Å²) in [7, 11) is -7.40. The second-order valence-electron chi connectivity index (χ2n) is 10.5. The second-order valence-corrected chi connectivity index (χ2v) is 14.0. The van der Waals surface area contributed by atoms with Crippen LogP contribution in [-0.4, -0.2) is 46.4 Å². The predicted molar refractivity (Wildman–Crippen MR) is 152 cm³/mol. The van der Waals surface area contributed by atoms with Crippen molar-refractivity contribution >= 4 is 36.9 Å². The molecule has 0 unspecified atom stereocenters. The quantitative estimate of drug-likeness (QED) is 0.295. The number of sulfonamides is 1. The number of aromatic nitrogens is 5. The van der Waals surface area contributed by atoms with Gasteiger partial charge in [-0.05, 0) is 49.4 Å². The van der Waals surface area contributed by atoms with Crippen molar-refractivity contribution in [3.8, 4) is 0 Å². The first-order valence-corrected chi connectivity index (χ1v) is 16.3. The first-order chi connectivity index (χ1) is 19.2. The van der Waals surface area contributed by atoms with Crippen LogP contribution in [0.1, 0.15) is 49.1 Å². The van der Waals surface area contributed by atoms with Crippen molar-refractivity contribution in [2.75, 3.05) is 0 Å². The molecular formula is C28H30N6O4S2. The Bertz CT molecular complexity index is 1900. The maximum atomic E-state index is 13.5. The van der Waals surface area contributed by atoms with Crippen molar-refractivity contribution in [2.24, 2.45) is 5.92 Å². The highest BCUT2D eigenvalue weighted by molar-refractivity contribution is 7.90. The third kappa shape index (κ3) is 4.80. The van der Waals surface area contributed by atoms with E-state index in [0.717, 1.165) is 17.5 Å². The van der Waals surface area contributed by atoms with E-state index < -0.39 is 20.0 Å². The molecule has 3 aromatic heterocycles. The molecule has 3 atom stereocenters. The van der Waals surface area contributed by atoms with E-state index in [0.29, 0.717) is 29.8 Å². The molecule has 0 bridgehead atoms. The summed E-state index contributed by atoms with van der Waals surface area (Å²) >= 11 is 0. The number of aryl methyl sites for hydroxylation is 1. The largest absolute Gasteiger partial charge is 0.274 e. The number of hydrogen-bond donors (Lipinski definition) is 1. The molecule has 0 amide bonds. The number of rotatable bonds is 8. The standard InChI is InChI=1S/C28H30N6O4S2/c1-3-21-15-22(32-39(35,36)18-20-7-5-4-6-8-20)16-24(21)27-31-30-26-17-29-28-25(34(26)27)13-14-33(28)40(37,38)23-11-9-19(2)10-12-23/h4-14,17,21-22,24,32H,3,15-16,18H2,1-2H3/t21-,22+,24+/m1/s1. The van der Waals surface area contributed by atoms with Gasteiger partial charge < -0.3 is 0 Å². The van der Waals surface area contributed by atoms with Crippen LogP contribution in [-0.2, 0) is 25.8 Å². The Morgan fingerprint density at radius 1 is 0.950 bits per heavy atom. The van der Waals surface area contributed by atoms with Gasteiger partial charge >= 0.3 is 0 Å². The highest BCUT2D eigenvalue weighted by Crippen LogP contribution is 2.42. The SMILES string of the molecule is CC[C@@H]1C[C@H](NS(=O)(=O)Cc2ccccc2)C[C@@H]1c1nnc2cnc3c(ccn3S(=O)(=O)c3ccc(C)cc3)n12. The van der Waals surface area contributed by atoms with Crippen molar-refractivity contribution < 1.29 is 16.8 Å². The van der Waals surface area contributed by atoms with Crippen LogP contribution in [0.4, 0.5) is 0 Å². The molecule has 1 saturated carbocycles. The van der Waals surface area contributed by atoms with Gasteiger partial charge in [0.15, 0.2) is 11.3 Å². The Balaban J connectivity index is 1.33. The fourth-order valence-electron chi connectivity index (χ4n) is 5.79. The van der Waals surface area contributed by atoms with Crippen LogP contribution < -0.4 is 4.72 Å². The van der Waals surface area contributed by atoms with Crippen LogP contribution in [0.15, 0.2) is 78.0 Å². The third-order valence-corrected chi connectivity index (χ3v) is 10.8. The van der Waals surface area contributed by atoms with Gasteiger partial charge in [-0.25, -0.2) is 30.5 Å². The molecule has 12 heteroatoms. The highest BCUT2D eigenvalue weighted by atomic mass is 32.2. The van der Waals surface area contributed by atoms with E-state index in [-0.39, 0.29) is 34.2 Å². The van der Waals surface area contributed by atoms with E-state index in [1.807, 2.05) is 29.5 Å². The van der Waals surface area contributed by atoms with Crippen LogP contribution in [0.2, 0.25) is 0 Å². The number of hydrogen-bond acceptors (Lipinski definition) is 7. The van der Waals surface area contributed by atoms with Crippen molar-refractivity contribution in [1.29, 1.82) is 0 Å². The number of nitrogens with zero attached hydrogens (tertiary/aromatic N) is 5. The minimum absolute atomic E-state index is 0.0629. The average Bonchev–Trinajstić information content (AvgIpc) is 3.65. The zero-order valence-electron chi connectivity index (χ0n) is 22.2. The first kappa shape index (κ1) is 26.6. The Morgan fingerprint density at radius 2 is 1.70 bits per heavy atom. The van der Waals surface area contributed by atoms with E-state index in [9.17, 15) is 16.8 Å². The van der Waals surface area contributed by atoms with E-state index in [1.54, 1.807) is 42.5 Å². The fourth-order valence-corrected chi connectivity index (χ4v) is 8.50. The second kappa shape index (κ2) is 10.1. The van der Waals surface area contributed by atoms with Gasteiger partial charge in [0, 0.05) is 18.2 Å². The van der Waals surface area contributed by atoms with Gasteiger partial charge in [-0.3, -0.25) is 4.40 Å². The number of benzene rings is 2. The molecule has 208 valence electrons. The van der Waals surface area contributed by atoms with Crippen molar-refractivity contribution in [1.82, 2.24) is 28.3 Å². The van der Waals surface area contributed by atoms with Gasteiger partial charge in [0.1, 0.15) is 5.82 Å². The Morgan fingerprint density at radius 3 is 2.42 bits per heavy atom. The Hall–Kier alpha value is -3.61. The topological polar surface area (TPSA) is 128 Å².